The SMILES string of the molecule is CC(C)CCCOCCNC(=O)COCCOCCOCCOC(C)C. The van der Waals surface area contributed by atoms with Crippen LogP contribution in [0.2, 0.25) is 0 Å². The van der Waals surface area contributed by atoms with Crippen molar-refractivity contribution in [1.29, 1.82) is 0 Å². The monoisotopic (exact) mass is 377 g/mol. The molecule has 0 fully saturated rings. The third-order valence-electron chi connectivity index (χ3n) is 3.29. The number of amides is 1. The van der Waals surface area contributed by atoms with Crippen LogP contribution in [0.25, 0.3) is 0 Å². The lowest BCUT2D eigenvalue weighted by Crippen LogP contribution is -2.31. The van der Waals surface area contributed by atoms with Crippen molar-refractivity contribution in [2.24, 2.45) is 5.92 Å². The Labute approximate surface area is 159 Å². The summed E-state index contributed by atoms with van der Waals surface area (Å²) in [6, 6.07) is 0. The zero-order chi connectivity index (χ0) is 19.5. The summed E-state index contributed by atoms with van der Waals surface area (Å²) in [7, 11) is 0. The highest BCUT2D eigenvalue weighted by Gasteiger charge is 2.01. The molecule has 0 unspecified atom stereocenters. The second kappa shape index (κ2) is 19.0. The Balaban J connectivity index is 3.17. The smallest absolute Gasteiger partial charge is 0.246 e. The number of ether oxygens (including phenoxy) is 5. The Bertz CT molecular complexity index is 312. The van der Waals surface area contributed by atoms with Crippen molar-refractivity contribution in [3.05, 3.63) is 0 Å². The van der Waals surface area contributed by atoms with E-state index in [1.165, 1.54) is 6.42 Å². The van der Waals surface area contributed by atoms with Gasteiger partial charge in [-0.15, -0.1) is 0 Å². The van der Waals surface area contributed by atoms with Gasteiger partial charge >= 0.3 is 0 Å². The Morgan fingerprint density at radius 3 is 1.96 bits per heavy atom. The molecule has 0 radical (unpaired) electrons. The highest BCUT2D eigenvalue weighted by atomic mass is 16.6. The first kappa shape index (κ1) is 25.3. The van der Waals surface area contributed by atoms with E-state index in [9.17, 15) is 4.79 Å². The summed E-state index contributed by atoms with van der Waals surface area (Å²) in [5.41, 5.74) is 0. The fraction of sp³-hybridized carbons (Fsp3) is 0.947. The van der Waals surface area contributed by atoms with Crippen LogP contribution in [0.15, 0.2) is 0 Å². The van der Waals surface area contributed by atoms with Crippen LogP contribution in [0.1, 0.15) is 40.5 Å². The van der Waals surface area contributed by atoms with Gasteiger partial charge in [-0.1, -0.05) is 13.8 Å². The summed E-state index contributed by atoms with van der Waals surface area (Å²) in [5, 5.41) is 2.76. The highest BCUT2D eigenvalue weighted by Crippen LogP contribution is 2.02. The Morgan fingerprint density at radius 2 is 1.35 bits per heavy atom. The van der Waals surface area contributed by atoms with Crippen molar-refractivity contribution < 1.29 is 28.5 Å². The van der Waals surface area contributed by atoms with E-state index in [-0.39, 0.29) is 18.6 Å². The molecule has 0 saturated carbocycles. The van der Waals surface area contributed by atoms with Gasteiger partial charge in [-0.2, -0.15) is 0 Å². The van der Waals surface area contributed by atoms with Crippen LogP contribution in [0.4, 0.5) is 0 Å². The van der Waals surface area contributed by atoms with Crippen molar-refractivity contribution in [1.82, 2.24) is 5.32 Å². The third-order valence-corrected chi connectivity index (χ3v) is 3.29. The number of hydrogen-bond acceptors (Lipinski definition) is 6. The van der Waals surface area contributed by atoms with Crippen molar-refractivity contribution in [2.75, 3.05) is 66.0 Å². The molecule has 0 aromatic rings. The van der Waals surface area contributed by atoms with Crippen LogP contribution >= 0.6 is 0 Å². The van der Waals surface area contributed by atoms with E-state index in [1.54, 1.807) is 0 Å². The van der Waals surface area contributed by atoms with Gasteiger partial charge in [0.15, 0.2) is 0 Å². The Morgan fingerprint density at radius 1 is 0.769 bits per heavy atom. The normalized spacial score (nSPS) is 11.5. The third kappa shape index (κ3) is 21.3. The topological polar surface area (TPSA) is 75.3 Å². The Kier molecular flexibility index (Phi) is 18.5. The van der Waals surface area contributed by atoms with Gasteiger partial charge in [0.25, 0.3) is 0 Å². The average molecular weight is 378 g/mol. The minimum atomic E-state index is -0.135. The van der Waals surface area contributed by atoms with E-state index in [4.69, 9.17) is 23.7 Å². The van der Waals surface area contributed by atoms with Crippen LogP contribution < -0.4 is 5.32 Å². The largest absolute Gasteiger partial charge is 0.380 e. The van der Waals surface area contributed by atoms with Crippen LogP contribution in [-0.4, -0.2) is 78.0 Å². The Hall–Kier alpha value is -0.730. The predicted octanol–water partition coefficient (Wildman–Crippen LogP) is 2.03. The molecule has 0 aliphatic heterocycles. The first-order valence-corrected chi connectivity index (χ1v) is 9.71. The molecule has 0 spiro atoms. The van der Waals surface area contributed by atoms with E-state index >= 15 is 0 Å². The molecule has 0 bridgehead atoms. The molecule has 0 aliphatic carbocycles. The molecule has 0 atom stereocenters. The number of carbonyl (C=O) groups is 1. The standard InChI is InChI=1S/C19H39NO6/c1-17(2)6-5-8-22-9-7-20-19(21)16-25-13-12-23-10-11-24-14-15-26-18(3)4/h17-18H,5-16H2,1-4H3,(H,20,21). The second-order valence-corrected chi connectivity index (χ2v) is 6.70. The molecule has 1 amide bonds. The van der Waals surface area contributed by atoms with Crippen molar-refractivity contribution in [3.63, 3.8) is 0 Å². The molecule has 0 aromatic heterocycles. The summed E-state index contributed by atoms with van der Waals surface area (Å²) >= 11 is 0. The number of hydrogen-bond donors (Lipinski definition) is 1. The lowest BCUT2D eigenvalue weighted by molar-refractivity contribution is -0.126. The van der Waals surface area contributed by atoms with Gasteiger partial charge in [0.1, 0.15) is 6.61 Å². The quantitative estimate of drug-likeness (QED) is 0.347. The predicted molar refractivity (Wildman–Crippen MR) is 101 cm³/mol. The summed E-state index contributed by atoms with van der Waals surface area (Å²) in [5.74, 6) is 0.570. The number of carbonyl (C=O) groups excluding carboxylic acids is 1. The molecule has 1 N–H and O–H groups in total. The molecule has 156 valence electrons. The van der Waals surface area contributed by atoms with Crippen molar-refractivity contribution in [3.8, 4) is 0 Å². The number of rotatable bonds is 19. The minimum Gasteiger partial charge on any atom is -0.380 e. The number of nitrogens with one attached hydrogen (secondary N) is 1. The average Bonchev–Trinajstić information content (AvgIpc) is 2.58. The summed E-state index contributed by atoms with van der Waals surface area (Å²) in [6.45, 7) is 13.2. The fourth-order valence-corrected chi connectivity index (χ4v) is 1.96. The van der Waals surface area contributed by atoms with Gasteiger partial charge in [-0.05, 0) is 32.6 Å². The second-order valence-electron chi connectivity index (χ2n) is 6.70. The molecule has 0 aromatic carbocycles. The maximum Gasteiger partial charge on any atom is 0.246 e. The van der Waals surface area contributed by atoms with Gasteiger partial charge in [-0.25, -0.2) is 0 Å². The molecule has 0 aliphatic rings. The van der Waals surface area contributed by atoms with E-state index in [2.05, 4.69) is 19.2 Å². The molecule has 0 heterocycles. The zero-order valence-corrected chi connectivity index (χ0v) is 17.1. The van der Waals surface area contributed by atoms with Crippen LogP contribution in [0.3, 0.4) is 0 Å². The van der Waals surface area contributed by atoms with Crippen molar-refractivity contribution >= 4 is 5.91 Å². The first-order valence-electron chi connectivity index (χ1n) is 9.71. The maximum absolute atomic E-state index is 11.5. The van der Waals surface area contributed by atoms with Gasteiger partial charge < -0.3 is 29.0 Å². The van der Waals surface area contributed by atoms with Crippen molar-refractivity contribution in [2.45, 2.75) is 46.6 Å². The molecular weight excluding hydrogens is 338 g/mol. The summed E-state index contributed by atoms with van der Waals surface area (Å²) in [4.78, 5) is 11.5. The van der Waals surface area contributed by atoms with Crippen LogP contribution in [-0.2, 0) is 28.5 Å². The molecule has 0 saturated heterocycles. The first-order chi connectivity index (χ1) is 12.5. The zero-order valence-electron chi connectivity index (χ0n) is 17.1. The molecule has 26 heavy (non-hydrogen) atoms. The van der Waals surface area contributed by atoms with E-state index in [1.807, 2.05) is 13.8 Å². The highest BCUT2D eigenvalue weighted by molar-refractivity contribution is 5.77. The minimum absolute atomic E-state index is 0.0414. The molecule has 0 rings (SSSR count). The fourth-order valence-electron chi connectivity index (χ4n) is 1.96. The van der Waals surface area contributed by atoms with Gasteiger partial charge in [0, 0.05) is 13.2 Å². The van der Waals surface area contributed by atoms with Crippen LogP contribution in [0, 0.1) is 5.92 Å². The van der Waals surface area contributed by atoms with Gasteiger partial charge in [0.05, 0.1) is 52.4 Å². The van der Waals surface area contributed by atoms with E-state index in [0.29, 0.717) is 58.7 Å². The lowest BCUT2D eigenvalue weighted by atomic mass is 10.1. The van der Waals surface area contributed by atoms with E-state index < -0.39 is 0 Å². The summed E-state index contributed by atoms with van der Waals surface area (Å²) < 4.78 is 26.8. The van der Waals surface area contributed by atoms with Gasteiger partial charge in [0.2, 0.25) is 5.91 Å². The maximum atomic E-state index is 11.5. The lowest BCUT2D eigenvalue weighted by Gasteiger charge is -2.09. The van der Waals surface area contributed by atoms with Gasteiger partial charge in [-0.3, -0.25) is 4.79 Å². The van der Waals surface area contributed by atoms with Crippen LogP contribution in [0.5, 0.6) is 0 Å². The molecule has 7 heteroatoms. The summed E-state index contributed by atoms with van der Waals surface area (Å²) in [6.07, 6.45) is 2.46. The molecule has 7 nitrogen and oxygen atoms in total. The van der Waals surface area contributed by atoms with E-state index in [0.717, 1.165) is 13.0 Å². The molecular formula is C19H39NO6.